The van der Waals surface area contributed by atoms with E-state index in [9.17, 15) is 18.0 Å². The van der Waals surface area contributed by atoms with Gasteiger partial charge in [-0.2, -0.15) is 13.2 Å². The minimum absolute atomic E-state index is 0.0754. The van der Waals surface area contributed by atoms with Crippen LogP contribution < -0.4 is 0 Å². The molecular formula is C13H7ClF3NO2S. The topological polar surface area (TPSA) is 50.2 Å². The van der Waals surface area contributed by atoms with Crippen molar-refractivity contribution < 1.29 is 23.1 Å². The quantitative estimate of drug-likeness (QED) is 0.891. The van der Waals surface area contributed by atoms with Crippen molar-refractivity contribution >= 4 is 29.3 Å². The minimum atomic E-state index is -4.44. The molecule has 0 bridgehead atoms. The number of alkyl halides is 3. The van der Waals surface area contributed by atoms with Gasteiger partial charge in [-0.3, -0.25) is 0 Å². The van der Waals surface area contributed by atoms with Gasteiger partial charge in [0.2, 0.25) is 0 Å². The van der Waals surface area contributed by atoms with Crippen LogP contribution in [0.5, 0.6) is 0 Å². The molecule has 0 aliphatic carbocycles. The molecule has 1 aromatic carbocycles. The van der Waals surface area contributed by atoms with Crippen LogP contribution in [-0.4, -0.2) is 16.1 Å². The van der Waals surface area contributed by atoms with Crippen LogP contribution in [0.25, 0.3) is 0 Å². The van der Waals surface area contributed by atoms with Gasteiger partial charge in [0.15, 0.2) is 0 Å². The summed E-state index contributed by atoms with van der Waals surface area (Å²) in [7, 11) is 0. The Morgan fingerprint density at radius 1 is 1.24 bits per heavy atom. The molecule has 0 aliphatic heterocycles. The first-order chi connectivity index (χ1) is 9.77. The van der Waals surface area contributed by atoms with Crippen molar-refractivity contribution in [3.8, 4) is 0 Å². The number of aromatic carboxylic acids is 1. The van der Waals surface area contributed by atoms with Gasteiger partial charge in [0.05, 0.1) is 16.1 Å². The van der Waals surface area contributed by atoms with Gasteiger partial charge in [0.1, 0.15) is 5.03 Å². The van der Waals surface area contributed by atoms with E-state index < -0.39 is 17.7 Å². The summed E-state index contributed by atoms with van der Waals surface area (Å²) in [6.07, 6.45) is -3.71. The molecule has 1 aromatic heterocycles. The number of halogens is 4. The van der Waals surface area contributed by atoms with Crippen molar-refractivity contribution in [1.29, 1.82) is 0 Å². The average Bonchev–Trinajstić information content (AvgIpc) is 2.40. The number of hydrogen-bond acceptors (Lipinski definition) is 3. The number of pyridine rings is 1. The fraction of sp³-hybridized carbons (Fsp3) is 0.0769. The summed E-state index contributed by atoms with van der Waals surface area (Å²) in [5.74, 6) is -1.18. The van der Waals surface area contributed by atoms with E-state index in [-0.39, 0.29) is 10.6 Å². The Labute approximate surface area is 126 Å². The zero-order valence-corrected chi connectivity index (χ0v) is 11.8. The third-order valence-electron chi connectivity index (χ3n) is 2.45. The van der Waals surface area contributed by atoms with E-state index in [0.29, 0.717) is 9.92 Å². The molecule has 0 saturated heterocycles. The fourth-order valence-electron chi connectivity index (χ4n) is 1.46. The molecule has 0 radical (unpaired) electrons. The number of carboxylic acid groups (broad SMARTS) is 1. The number of benzene rings is 1. The van der Waals surface area contributed by atoms with Crippen molar-refractivity contribution in [1.82, 2.24) is 4.98 Å². The Morgan fingerprint density at radius 2 is 1.95 bits per heavy atom. The van der Waals surface area contributed by atoms with Crippen LogP contribution in [0.1, 0.15) is 15.9 Å². The summed E-state index contributed by atoms with van der Waals surface area (Å²) in [5.41, 5.74) is -0.914. The lowest BCUT2D eigenvalue weighted by atomic mass is 10.2. The first kappa shape index (κ1) is 15.7. The molecule has 0 unspecified atom stereocenters. The van der Waals surface area contributed by atoms with Crippen LogP contribution in [0, 0.1) is 0 Å². The van der Waals surface area contributed by atoms with Gasteiger partial charge < -0.3 is 5.11 Å². The highest BCUT2D eigenvalue weighted by Gasteiger charge is 2.30. The van der Waals surface area contributed by atoms with E-state index in [4.69, 9.17) is 16.7 Å². The molecule has 0 saturated carbocycles. The molecule has 1 N–H and O–H groups in total. The molecule has 110 valence electrons. The van der Waals surface area contributed by atoms with E-state index in [1.54, 1.807) is 6.07 Å². The zero-order chi connectivity index (χ0) is 15.6. The molecule has 21 heavy (non-hydrogen) atoms. The zero-order valence-electron chi connectivity index (χ0n) is 10.2. The molecule has 1 heterocycles. The molecule has 0 aliphatic rings. The smallest absolute Gasteiger partial charge is 0.417 e. The van der Waals surface area contributed by atoms with Gasteiger partial charge in [0.25, 0.3) is 0 Å². The first-order valence-corrected chi connectivity index (χ1v) is 6.71. The van der Waals surface area contributed by atoms with Gasteiger partial charge >= 0.3 is 12.1 Å². The number of carbonyl (C=O) groups is 1. The van der Waals surface area contributed by atoms with Gasteiger partial charge in [0, 0.05) is 11.1 Å². The highest BCUT2D eigenvalue weighted by atomic mass is 35.5. The lowest BCUT2D eigenvalue weighted by molar-refractivity contribution is -0.137. The Hall–Kier alpha value is -1.73. The van der Waals surface area contributed by atoms with E-state index in [1.165, 1.54) is 18.2 Å². The first-order valence-electron chi connectivity index (χ1n) is 5.51. The number of hydrogen-bond donors (Lipinski definition) is 1. The van der Waals surface area contributed by atoms with Crippen LogP contribution in [0.15, 0.2) is 46.5 Å². The molecule has 0 spiro atoms. The third kappa shape index (κ3) is 3.89. The highest BCUT2D eigenvalue weighted by molar-refractivity contribution is 7.99. The number of nitrogens with zero attached hydrogens (tertiary/aromatic N) is 1. The van der Waals surface area contributed by atoms with Crippen LogP contribution in [0.4, 0.5) is 13.2 Å². The SMILES string of the molecule is O=C(O)c1cc(Sc2ccc(C(F)(F)F)cn2)ccc1Cl. The Bertz CT molecular complexity index is 674. The predicted octanol–water partition coefficient (Wildman–Crippen LogP) is 4.60. The maximum Gasteiger partial charge on any atom is 0.417 e. The van der Waals surface area contributed by atoms with Crippen molar-refractivity contribution in [2.75, 3.05) is 0 Å². The second kappa shape index (κ2) is 5.95. The van der Waals surface area contributed by atoms with Gasteiger partial charge in [-0.15, -0.1) is 0 Å². The van der Waals surface area contributed by atoms with Crippen molar-refractivity contribution in [2.45, 2.75) is 16.1 Å². The average molecular weight is 334 g/mol. The summed E-state index contributed by atoms with van der Waals surface area (Å²) in [6, 6.07) is 6.47. The van der Waals surface area contributed by atoms with Crippen molar-refractivity contribution in [3.63, 3.8) is 0 Å². The molecule has 0 fully saturated rings. The van der Waals surface area contributed by atoms with E-state index in [1.807, 2.05) is 0 Å². The van der Waals surface area contributed by atoms with Crippen LogP contribution in [0.2, 0.25) is 5.02 Å². The van der Waals surface area contributed by atoms with Crippen LogP contribution >= 0.6 is 23.4 Å². The molecule has 2 rings (SSSR count). The normalized spacial score (nSPS) is 11.4. The van der Waals surface area contributed by atoms with Crippen LogP contribution in [0.3, 0.4) is 0 Å². The van der Waals surface area contributed by atoms with Gasteiger partial charge in [-0.05, 0) is 30.3 Å². The second-order valence-corrected chi connectivity index (χ2v) is 5.43. The third-order valence-corrected chi connectivity index (χ3v) is 3.72. The number of rotatable bonds is 3. The standard InChI is InChI=1S/C13H7ClF3NO2S/c14-10-3-2-8(5-9(10)12(19)20)21-11-4-1-7(6-18-11)13(15,16)17/h1-6H,(H,19,20). The largest absolute Gasteiger partial charge is 0.478 e. The number of carboxylic acids is 1. The minimum Gasteiger partial charge on any atom is -0.478 e. The fourth-order valence-corrected chi connectivity index (χ4v) is 2.46. The number of aromatic nitrogens is 1. The van der Waals surface area contributed by atoms with Gasteiger partial charge in [-0.1, -0.05) is 23.4 Å². The molecule has 2 aromatic rings. The molecule has 0 atom stereocenters. The second-order valence-electron chi connectivity index (χ2n) is 3.93. The van der Waals surface area contributed by atoms with Crippen molar-refractivity contribution in [2.24, 2.45) is 0 Å². The Kier molecular flexibility index (Phi) is 4.43. The lowest BCUT2D eigenvalue weighted by Crippen LogP contribution is -2.05. The Balaban J connectivity index is 2.22. The summed E-state index contributed by atoms with van der Waals surface area (Å²) in [4.78, 5) is 15.2. The molecule has 0 amide bonds. The highest BCUT2D eigenvalue weighted by Crippen LogP contribution is 2.32. The lowest BCUT2D eigenvalue weighted by Gasteiger charge is -2.07. The van der Waals surface area contributed by atoms with E-state index in [2.05, 4.69) is 4.98 Å². The summed E-state index contributed by atoms with van der Waals surface area (Å²) in [5, 5.41) is 9.36. The molecule has 3 nitrogen and oxygen atoms in total. The monoisotopic (exact) mass is 333 g/mol. The maximum atomic E-state index is 12.4. The maximum absolute atomic E-state index is 12.4. The predicted molar refractivity (Wildman–Crippen MR) is 71.8 cm³/mol. The molecule has 8 heteroatoms. The van der Waals surface area contributed by atoms with E-state index >= 15 is 0 Å². The van der Waals surface area contributed by atoms with Crippen LogP contribution in [-0.2, 0) is 6.18 Å². The summed E-state index contributed by atoms with van der Waals surface area (Å²) < 4.78 is 37.2. The summed E-state index contributed by atoms with van der Waals surface area (Å²) in [6.45, 7) is 0. The van der Waals surface area contributed by atoms with E-state index in [0.717, 1.165) is 24.0 Å². The summed E-state index contributed by atoms with van der Waals surface area (Å²) >= 11 is 6.78. The molecular weight excluding hydrogens is 327 g/mol. The van der Waals surface area contributed by atoms with Gasteiger partial charge in [-0.25, -0.2) is 9.78 Å². The Morgan fingerprint density at radius 3 is 2.48 bits per heavy atom. The van der Waals surface area contributed by atoms with Crippen molar-refractivity contribution in [3.05, 3.63) is 52.7 Å².